The molecule has 1 fully saturated rings. The lowest BCUT2D eigenvalue weighted by molar-refractivity contribution is -0.139. The second kappa shape index (κ2) is 8.73. The fourth-order valence-electron chi connectivity index (χ4n) is 3.46. The Morgan fingerprint density at radius 3 is 2.37 bits per heavy atom. The number of nitrogens with one attached hydrogen (secondary N) is 1. The highest BCUT2D eigenvalue weighted by Crippen LogP contribution is 2.16. The highest BCUT2D eigenvalue weighted by atomic mass is 16.2. The monoisotopic (exact) mass is 402 g/mol. The standard InChI is InChI=1S/C23H22N4O3/c28-21-8-9-22(29)27(21)15-17-4-6-20(7-5-17)23(30)25-13-18-2-1-3-19(12-18)14-26-11-10-24-16-26/h1-7,10-12,16H,8-9,13-15H2,(H,25,30). The smallest absolute Gasteiger partial charge is 0.251 e. The van der Waals surface area contributed by atoms with Crippen molar-refractivity contribution >= 4 is 17.7 Å². The van der Waals surface area contributed by atoms with Gasteiger partial charge in [0.25, 0.3) is 5.91 Å². The summed E-state index contributed by atoms with van der Waals surface area (Å²) in [6, 6.07) is 15.0. The molecule has 0 unspecified atom stereocenters. The zero-order valence-corrected chi connectivity index (χ0v) is 16.5. The molecule has 152 valence electrons. The molecule has 2 heterocycles. The average Bonchev–Trinajstić information content (AvgIpc) is 3.38. The molecule has 7 nitrogen and oxygen atoms in total. The van der Waals surface area contributed by atoms with E-state index in [2.05, 4.69) is 16.4 Å². The molecule has 1 aromatic heterocycles. The number of carbonyl (C=O) groups excluding carboxylic acids is 3. The third-order valence-corrected chi connectivity index (χ3v) is 5.08. The Bertz CT molecular complexity index is 1040. The minimum absolute atomic E-state index is 0.142. The van der Waals surface area contributed by atoms with Crippen molar-refractivity contribution < 1.29 is 14.4 Å². The molecule has 2 aromatic carbocycles. The highest BCUT2D eigenvalue weighted by molar-refractivity contribution is 6.01. The lowest BCUT2D eigenvalue weighted by atomic mass is 10.1. The van der Waals surface area contributed by atoms with E-state index in [0.717, 1.165) is 23.2 Å². The van der Waals surface area contributed by atoms with Gasteiger partial charge in [-0.3, -0.25) is 19.3 Å². The predicted molar refractivity (Wildman–Crippen MR) is 110 cm³/mol. The van der Waals surface area contributed by atoms with Gasteiger partial charge >= 0.3 is 0 Å². The first-order valence-electron chi connectivity index (χ1n) is 9.82. The fourth-order valence-corrected chi connectivity index (χ4v) is 3.46. The number of rotatable bonds is 7. The van der Waals surface area contributed by atoms with Crippen molar-refractivity contribution in [2.75, 3.05) is 0 Å². The van der Waals surface area contributed by atoms with E-state index < -0.39 is 0 Å². The number of imidazole rings is 1. The highest BCUT2D eigenvalue weighted by Gasteiger charge is 2.28. The van der Waals surface area contributed by atoms with Crippen LogP contribution < -0.4 is 5.32 Å². The summed E-state index contributed by atoms with van der Waals surface area (Å²) in [5.74, 6) is -0.455. The molecule has 1 saturated heterocycles. The zero-order chi connectivity index (χ0) is 20.9. The van der Waals surface area contributed by atoms with Gasteiger partial charge in [0.2, 0.25) is 11.8 Å². The van der Waals surface area contributed by atoms with Gasteiger partial charge in [-0.1, -0.05) is 36.4 Å². The molecule has 1 N–H and O–H groups in total. The Balaban J connectivity index is 1.33. The molecular formula is C23H22N4O3. The summed E-state index contributed by atoms with van der Waals surface area (Å²) in [4.78, 5) is 41.3. The molecular weight excluding hydrogens is 380 g/mol. The average molecular weight is 402 g/mol. The number of imide groups is 1. The Labute approximate surface area is 174 Å². The minimum atomic E-state index is -0.171. The Kier molecular flexibility index (Phi) is 5.70. The SMILES string of the molecule is O=C(NCc1cccc(Cn2ccnc2)c1)c1ccc(CN2C(=O)CCC2=O)cc1. The Morgan fingerprint density at radius 1 is 0.933 bits per heavy atom. The van der Waals surface area contributed by atoms with Crippen LogP contribution >= 0.6 is 0 Å². The van der Waals surface area contributed by atoms with Gasteiger partial charge in [0, 0.05) is 43.9 Å². The van der Waals surface area contributed by atoms with E-state index in [0.29, 0.717) is 12.1 Å². The number of amides is 3. The van der Waals surface area contributed by atoms with Crippen molar-refractivity contribution in [3.05, 3.63) is 89.5 Å². The first-order valence-corrected chi connectivity index (χ1v) is 9.82. The van der Waals surface area contributed by atoms with Crippen LogP contribution in [0.5, 0.6) is 0 Å². The summed E-state index contributed by atoms with van der Waals surface area (Å²) >= 11 is 0. The van der Waals surface area contributed by atoms with Gasteiger partial charge < -0.3 is 9.88 Å². The van der Waals surface area contributed by atoms with Crippen LogP contribution in [0.25, 0.3) is 0 Å². The summed E-state index contributed by atoms with van der Waals surface area (Å²) in [5, 5.41) is 2.93. The first kappa shape index (κ1) is 19.6. The van der Waals surface area contributed by atoms with Crippen LogP contribution in [0, 0.1) is 0 Å². The van der Waals surface area contributed by atoms with Gasteiger partial charge in [0.1, 0.15) is 0 Å². The largest absolute Gasteiger partial charge is 0.348 e. The van der Waals surface area contributed by atoms with Crippen molar-refractivity contribution in [2.45, 2.75) is 32.5 Å². The van der Waals surface area contributed by atoms with E-state index in [-0.39, 0.29) is 37.1 Å². The van der Waals surface area contributed by atoms with Crippen molar-refractivity contribution in [1.29, 1.82) is 0 Å². The molecule has 3 amide bonds. The van der Waals surface area contributed by atoms with Crippen molar-refractivity contribution in [2.24, 2.45) is 0 Å². The molecule has 3 aromatic rings. The van der Waals surface area contributed by atoms with Crippen LogP contribution in [0.3, 0.4) is 0 Å². The molecule has 0 saturated carbocycles. The Hall–Kier alpha value is -3.74. The lowest BCUT2D eigenvalue weighted by Crippen LogP contribution is -2.28. The second-order valence-corrected chi connectivity index (χ2v) is 7.31. The van der Waals surface area contributed by atoms with Gasteiger partial charge in [-0.05, 0) is 28.8 Å². The first-order chi connectivity index (χ1) is 14.6. The topological polar surface area (TPSA) is 84.3 Å². The summed E-state index contributed by atoms with van der Waals surface area (Å²) in [7, 11) is 0. The number of nitrogens with zero attached hydrogens (tertiary/aromatic N) is 3. The van der Waals surface area contributed by atoms with Crippen LogP contribution in [0.4, 0.5) is 0 Å². The number of hydrogen-bond donors (Lipinski definition) is 1. The molecule has 7 heteroatoms. The summed E-state index contributed by atoms with van der Waals surface area (Å²) in [6.45, 7) is 1.41. The van der Waals surface area contributed by atoms with E-state index in [4.69, 9.17) is 0 Å². The zero-order valence-electron chi connectivity index (χ0n) is 16.5. The van der Waals surface area contributed by atoms with Crippen LogP contribution in [0.2, 0.25) is 0 Å². The normalized spacial score (nSPS) is 13.7. The van der Waals surface area contributed by atoms with E-state index in [9.17, 15) is 14.4 Å². The molecule has 0 atom stereocenters. The maximum Gasteiger partial charge on any atom is 0.251 e. The number of aromatic nitrogens is 2. The predicted octanol–water partition coefficient (Wildman–Crippen LogP) is 2.51. The van der Waals surface area contributed by atoms with Crippen LogP contribution in [-0.4, -0.2) is 32.2 Å². The van der Waals surface area contributed by atoms with Crippen LogP contribution in [0.1, 0.15) is 39.9 Å². The van der Waals surface area contributed by atoms with Crippen LogP contribution in [-0.2, 0) is 29.2 Å². The maximum absolute atomic E-state index is 12.5. The minimum Gasteiger partial charge on any atom is -0.348 e. The number of benzene rings is 2. The second-order valence-electron chi connectivity index (χ2n) is 7.31. The third-order valence-electron chi connectivity index (χ3n) is 5.08. The number of likely N-dealkylation sites (tertiary alicyclic amines) is 1. The lowest BCUT2D eigenvalue weighted by Gasteiger charge is -2.14. The number of hydrogen-bond acceptors (Lipinski definition) is 4. The van der Waals surface area contributed by atoms with E-state index in [1.807, 2.05) is 29.0 Å². The molecule has 0 radical (unpaired) electrons. The van der Waals surface area contributed by atoms with Crippen LogP contribution in [0.15, 0.2) is 67.3 Å². The van der Waals surface area contributed by atoms with Crippen molar-refractivity contribution in [3.63, 3.8) is 0 Å². The molecule has 1 aliphatic heterocycles. The van der Waals surface area contributed by atoms with E-state index in [1.165, 1.54) is 4.90 Å². The fraction of sp³-hybridized carbons (Fsp3) is 0.217. The quantitative estimate of drug-likeness (QED) is 0.616. The molecule has 0 bridgehead atoms. The van der Waals surface area contributed by atoms with Crippen molar-refractivity contribution in [1.82, 2.24) is 19.8 Å². The third kappa shape index (κ3) is 4.63. The van der Waals surface area contributed by atoms with Gasteiger partial charge in [0.15, 0.2) is 0 Å². The molecule has 1 aliphatic rings. The summed E-state index contributed by atoms with van der Waals surface area (Å²) in [6.07, 6.45) is 5.99. The van der Waals surface area contributed by atoms with Crippen molar-refractivity contribution in [3.8, 4) is 0 Å². The molecule has 0 aliphatic carbocycles. The van der Waals surface area contributed by atoms with E-state index in [1.54, 1.807) is 36.8 Å². The Morgan fingerprint density at radius 2 is 1.67 bits per heavy atom. The molecule has 4 rings (SSSR count). The van der Waals surface area contributed by atoms with Gasteiger partial charge in [-0.25, -0.2) is 4.98 Å². The molecule has 30 heavy (non-hydrogen) atoms. The van der Waals surface area contributed by atoms with E-state index >= 15 is 0 Å². The van der Waals surface area contributed by atoms with Gasteiger partial charge in [0.05, 0.1) is 12.9 Å². The molecule has 0 spiro atoms. The van der Waals surface area contributed by atoms with Gasteiger partial charge in [-0.15, -0.1) is 0 Å². The number of carbonyl (C=O) groups is 3. The maximum atomic E-state index is 12.5. The summed E-state index contributed by atoms with van der Waals surface area (Å²) in [5.41, 5.74) is 3.51. The van der Waals surface area contributed by atoms with Gasteiger partial charge in [-0.2, -0.15) is 0 Å². The summed E-state index contributed by atoms with van der Waals surface area (Å²) < 4.78 is 1.99.